The van der Waals surface area contributed by atoms with Crippen molar-refractivity contribution >= 4 is 0 Å². The minimum absolute atomic E-state index is 0.244. The van der Waals surface area contributed by atoms with Crippen LogP contribution in [0.1, 0.15) is 13.0 Å². The summed E-state index contributed by atoms with van der Waals surface area (Å²) in [6, 6.07) is 2.25. The smallest absolute Gasteiger partial charge is 0.0920 e. The van der Waals surface area contributed by atoms with Crippen LogP contribution in [0.2, 0.25) is 0 Å². The lowest BCUT2D eigenvalue weighted by molar-refractivity contribution is -0.00319. The van der Waals surface area contributed by atoms with Crippen LogP contribution in [0.25, 0.3) is 0 Å². The molecule has 0 saturated carbocycles. The van der Waals surface area contributed by atoms with Gasteiger partial charge in [0.15, 0.2) is 0 Å². The zero-order valence-corrected chi connectivity index (χ0v) is 7.81. The number of ether oxygens (including phenoxy) is 1. The standard InChI is InChI=1S/C9H15N3O/c1-8(12-5-2-3-11-12)9-7-10-4-6-13-9/h2-3,5,8-10H,4,6-7H2,1H3. The van der Waals surface area contributed by atoms with E-state index in [1.807, 2.05) is 16.9 Å². The zero-order chi connectivity index (χ0) is 9.10. The summed E-state index contributed by atoms with van der Waals surface area (Å²) in [4.78, 5) is 0. The van der Waals surface area contributed by atoms with E-state index < -0.39 is 0 Å². The van der Waals surface area contributed by atoms with Gasteiger partial charge in [0.1, 0.15) is 0 Å². The molecule has 1 N–H and O–H groups in total. The van der Waals surface area contributed by atoms with E-state index in [1.54, 1.807) is 6.20 Å². The SMILES string of the molecule is CC(C1CNCCO1)n1cccn1. The molecule has 1 aliphatic rings. The number of morpholine rings is 1. The average molecular weight is 181 g/mol. The van der Waals surface area contributed by atoms with Crippen molar-refractivity contribution in [2.75, 3.05) is 19.7 Å². The van der Waals surface area contributed by atoms with Crippen molar-refractivity contribution < 1.29 is 4.74 Å². The maximum atomic E-state index is 5.64. The molecule has 1 aromatic rings. The van der Waals surface area contributed by atoms with Gasteiger partial charge in [0, 0.05) is 25.5 Å². The van der Waals surface area contributed by atoms with E-state index in [0.717, 1.165) is 19.7 Å². The molecular weight excluding hydrogens is 166 g/mol. The number of hydrogen-bond acceptors (Lipinski definition) is 3. The molecule has 0 spiro atoms. The summed E-state index contributed by atoms with van der Waals surface area (Å²) in [5.74, 6) is 0. The van der Waals surface area contributed by atoms with Crippen molar-refractivity contribution in [3.8, 4) is 0 Å². The second-order valence-electron chi connectivity index (χ2n) is 3.34. The minimum atomic E-state index is 0.244. The monoisotopic (exact) mass is 181 g/mol. The van der Waals surface area contributed by atoms with Gasteiger partial charge < -0.3 is 10.1 Å². The Balaban J connectivity index is 1.99. The number of nitrogens with one attached hydrogen (secondary N) is 1. The highest BCUT2D eigenvalue weighted by Crippen LogP contribution is 2.13. The summed E-state index contributed by atoms with van der Waals surface area (Å²) in [5, 5.41) is 7.51. The lowest BCUT2D eigenvalue weighted by Gasteiger charge is -2.28. The van der Waals surface area contributed by atoms with Gasteiger partial charge in [0.05, 0.1) is 18.8 Å². The Bertz CT molecular complexity index is 241. The summed E-state index contributed by atoms with van der Waals surface area (Å²) in [7, 11) is 0. The van der Waals surface area contributed by atoms with Crippen LogP contribution in [0.5, 0.6) is 0 Å². The van der Waals surface area contributed by atoms with Crippen LogP contribution >= 0.6 is 0 Å². The third-order valence-electron chi connectivity index (χ3n) is 2.44. The molecule has 2 heterocycles. The quantitative estimate of drug-likeness (QED) is 0.719. The molecule has 1 aromatic heterocycles. The van der Waals surface area contributed by atoms with E-state index in [4.69, 9.17) is 4.74 Å². The normalized spacial score (nSPS) is 25.8. The lowest BCUT2D eigenvalue weighted by Crippen LogP contribution is -2.42. The van der Waals surface area contributed by atoms with Gasteiger partial charge in [0.2, 0.25) is 0 Å². The van der Waals surface area contributed by atoms with Crippen molar-refractivity contribution in [2.24, 2.45) is 0 Å². The first-order valence-corrected chi connectivity index (χ1v) is 4.69. The van der Waals surface area contributed by atoms with Gasteiger partial charge in [-0.25, -0.2) is 0 Å². The molecule has 0 radical (unpaired) electrons. The molecule has 1 fully saturated rings. The highest BCUT2D eigenvalue weighted by atomic mass is 16.5. The zero-order valence-electron chi connectivity index (χ0n) is 7.81. The minimum Gasteiger partial charge on any atom is -0.373 e. The highest BCUT2D eigenvalue weighted by molar-refractivity contribution is 4.84. The van der Waals surface area contributed by atoms with Crippen LogP contribution in [0.4, 0.5) is 0 Å². The van der Waals surface area contributed by atoms with E-state index in [1.165, 1.54) is 0 Å². The largest absolute Gasteiger partial charge is 0.373 e. The predicted octanol–water partition coefficient (Wildman–Crippen LogP) is 0.432. The third-order valence-corrected chi connectivity index (χ3v) is 2.44. The number of rotatable bonds is 2. The molecule has 1 saturated heterocycles. The average Bonchev–Trinajstić information content (AvgIpc) is 2.71. The summed E-state index contributed by atoms with van der Waals surface area (Å²) in [5.41, 5.74) is 0. The molecule has 4 heteroatoms. The van der Waals surface area contributed by atoms with E-state index in [0.29, 0.717) is 6.04 Å². The summed E-state index contributed by atoms with van der Waals surface area (Å²) < 4.78 is 7.58. The third kappa shape index (κ3) is 1.89. The first kappa shape index (κ1) is 8.72. The number of nitrogens with zero attached hydrogens (tertiary/aromatic N) is 2. The van der Waals surface area contributed by atoms with Gasteiger partial charge in [-0.2, -0.15) is 5.10 Å². The fraction of sp³-hybridized carbons (Fsp3) is 0.667. The van der Waals surface area contributed by atoms with E-state index in [2.05, 4.69) is 17.3 Å². The lowest BCUT2D eigenvalue weighted by atomic mass is 10.1. The molecular formula is C9H15N3O. The maximum Gasteiger partial charge on any atom is 0.0920 e. The van der Waals surface area contributed by atoms with E-state index in [-0.39, 0.29) is 6.10 Å². The van der Waals surface area contributed by atoms with Crippen molar-refractivity contribution in [2.45, 2.75) is 19.1 Å². The van der Waals surface area contributed by atoms with Gasteiger partial charge in [-0.1, -0.05) is 0 Å². The second kappa shape index (κ2) is 3.89. The number of aromatic nitrogens is 2. The molecule has 2 atom stereocenters. The Labute approximate surface area is 77.9 Å². The van der Waals surface area contributed by atoms with Gasteiger partial charge >= 0.3 is 0 Å². The van der Waals surface area contributed by atoms with Gasteiger partial charge in [0.25, 0.3) is 0 Å². The Morgan fingerprint density at radius 2 is 2.62 bits per heavy atom. The van der Waals surface area contributed by atoms with Crippen LogP contribution < -0.4 is 5.32 Å². The van der Waals surface area contributed by atoms with E-state index >= 15 is 0 Å². The highest BCUT2D eigenvalue weighted by Gasteiger charge is 2.21. The first-order chi connectivity index (χ1) is 6.38. The predicted molar refractivity (Wildman–Crippen MR) is 49.5 cm³/mol. The fourth-order valence-electron chi connectivity index (χ4n) is 1.59. The maximum absolute atomic E-state index is 5.64. The molecule has 72 valence electrons. The van der Waals surface area contributed by atoms with Crippen LogP contribution in [-0.2, 0) is 4.74 Å². The molecule has 0 amide bonds. The molecule has 0 aromatic carbocycles. The Morgan fingerprint density at radius 1 is 1.69 bits per heavy atom. The van der Waals surface area contributed by atoms with Crippen molar-refractivity contribution in [1.29, 1.82) is 0 Å². The van der Waals surface area contributed by atoms with Gasteiger partial charge in [-0.15, -0.1) is 0 Å². The molecule has 1 aliphatic heterocycles. The molecule has 0 bridgehead atoms. The Kier molecular flexibility index (Phi) is 2.61. The van der Waals surface area contributed by atoms with Gasteiger partial charge in [-0.05, 0) is 13.0 Å². The van der Waals surface area contributed by atoms with Crippen LogP contribution in [0, 0.1) is 0 Å². The molecule has 2 unspecified atom stereocenters. The van der Waals surface area contributed by atoms with Crippen molar-refractivity contribution in [3.05, 3.63) is 18.5 Å². The second-order valence-corrected chi connectivity index (χ2v) is 3.34. The fourth-order valence-corrected chi connectivity index (χ4v) is 1.59. The molecule has 4 nitrogen and oxygen atoms in total. The van der Waals surface area contributed by atoms with Crippen LogP contribution in [0.15, 0.2) is 18.5 Å². The molecule has 2 rings (SSSR count). The van der Waals surface area contributed by atoms with Crippen LogP contribution in [0.3, 0.4) is 0 Å². The first-order valence-electron chi connectivity index (χ1n) is 4.69. The number of hydrogen-bond donors (Lipinski definition) is 1. The Morgan fingerprint density at radius 3 is 3.23 bits per heavy atom. The topological polar surface area (TPSA) is 39.1 Å². The van der Waals surface area contributed by atoms with Gasteiger partial charge in [-0.3, -0.25) is 4.68 Å². The van der Waals surface area contributed by atoms with Crippen molar-refractivity contribution in [1.82, 2.24) is 15.1 Å². The summed E-state index contributed by atoms with van der Waals surface area (Å²) >= 11 is 0. The molecule has 0 aliphatic carbocycles. The summed E-state index contributed by atoms with van der Waals surface area (Å²) in [6.07, 6.45) is 4.02. The van der Waals surface area contributed by atoms with E-state index in [9.17, 15) is 0 Å². The molecule has 13 heavy (non-hydrogen) atoms. The Hall–Kier alpha value is -0.870. The summed E-state index contributed by atoms with van der Waals surface area (Å²) in [6.45, 7) is 4.81. The van der Waals surface area contributed by atoms with Crippen LogP contribution in [-0.4, -0.2) is 35.6 Å². The van der Waals surface area contributed by atoms with Crippen molar-refractivity contribution in [3.63, 3.8) is 0 Å².